The molecule has 0 saturated carbocycles. The second kappa shape index (κ2) is 5.44. The molecule has 5 nitrogen and oxygen atoms in total. The van der Waals surface area contributed by atoms with Gasteiger partial charge in [0.2, 0.25) is 0 Å². The maximum absolute atomic E-state index is 11.8. The number of fused-ring (bicyclic) bond motifs is 1. The van der Waals surface area contributed by atoms with E-state index in [4.69, 9.17) is 0 Å². The predicted octanol–water partition coefficient (Wildman–Crippen LogP) is 2.66. The summed E-state index contributed by atoms with van der Waals surface area (Å²) in [6.45, 7) is 0.372. The Morgan fingerprint density at radius 2 is 1.90 bits per heavy atom. The molecule has 2 amide bonds. The number of hydrogen-bond acceptors (Lipinski definition) is 2. The molecular weight excluding hydrogens is 252 g/mol. The lowest BCUT2D eigenvalue weighted by atomic mass is 10.3. The van der Waals surface area contributed by atoms with Crippen LogP contribution in [0.2, 0.25) is 0 Å². The van der Waals surface area contributed by atoms with Crippen molar-refractivity contribution in [2.75, 3.05) is 5.32 Å². The molecule has 2 aromatic heterocycles. The highest BCUT2D eigenvalue weighted by atomic mass is 16.2. The normalized spacial score (nSPS) is 10.4. The molecule has 0 radical (unpaired) electrons. The lowest BCUT2D eigenvalue weighted by Gasteiger charge is -2.07. The first kappa shape index (κ1) is 12.2. The number of carbonyl (C=O) groups is 1. The third kappa shape index (κ3) is 2.61. The fraction of sp³-hybridized carbons (Fsp3) is 0.0667. The van der Waals surface area contributed by atoms with Crippen LogP contribution >= 0.6 is 0 Å². The van der Waals surface area contributed by atoms with Crippen molar-refractivity contribution in [1.82, 2.24) is 14.7 Å². The van der Waals surface area contributed by atoms with E-state index in [1.165, 1.54) is 0 Å². The molecule has 0 fully saturated rings. The van der Waals surface area contributed by atoms with Crippen molar-refractivity contribution in [2.24, 2.45) is 0 Å². The fourth-order valence-electron chi connectivity index (χ4n) is 1.99. The van der Waals surface area contributed by atoms with Gasteiger partial charge in [0.1, 0.15) is 5.82 Å². The lowest BCUT2D eigenvalue weighted by molar-refractivity contribution is 0.251. The summed E-state index contributed by atoms with van der Waals surface area (Å²) in [5.74, 6) is 0.795. The quantitative estimate of drug-likeness (QED) is 0.765. The molecule has 3 aromatic rings. The third-order valence-electron chi connectivity index (χ3n) is 2.95. The van der Waals surface area contributed by atoms with Gasteiger partial charge in [-0.3, -0.25) is 0 Å². The SMILES string of the molecule is O=C(NCc1ncc2ccccn12)Nc1ccccc1. The zero-order valence-corrected chi connectivity index (χ0v) is 10.8. The van der Waals surface area contributed by atoms with Gasteiger partial charge in [-0.05, 0) is 24.3 Å². The Morgan fingerprint density at radius 3 is 2.75 bits per heavy atom. The van der Waals surface area contributed by atoms with Gasteiger partial charge >= 0.3 is 6.03 Å². The van der Waals surface area contributed by atoms with E-state index in [0.29, 0.717) is 6.54 Å². The van der Waals surface area contributed by atoms with Crippen LogP contribution in [0.15, 0.2) is 60.9 Å². The number of carbonyl (C=O) groups excluding carboxylic acids is 1. The number of nitrogens with one attached hydrogen (secondary N) is 2. The molecule has 20 heavy (non-hydrogen) atoms. The molecule has 100 valence electrons. The van der Waals surface area contributed by atoms with Gasteiger partial charge in [-0.2, -0.15) is 0 Å². The topological polar surface area (TPSA) is 58.4 Å². The van der Waals surface area contributed by atoms with E-state index in [1.54, 1.807) is 6.20 Å². The first-order valence-corrected chi connectivity index (χ1v) is 6.34. The Balaban J connectivity index is 1.63. The van der Waals surface area contributed by atoms with E-state index in [2.05, 4.69) is 15.6 Å². The molecule has 0 spiro atoms. The fourth-order valence-corrected chi connectivity index (χ4v) is 1.99. The number of urea groups is 1. The Kier molecular flexibility index (Phi) is 3.33. The van der Waals surface area contributed by atoms with E-state index in [-0.39, 0.29) is 6.03 Å². The zero-order valence-electron chi connectivity index (χ0n) is 10.8. The van der Waals surface area contributed by atoms with Crippen molar-refractivity contribution in [1.29, 1.82) is 0 Å². The van der Waals surface area contributed by atoms with Crippen LogP contribution in [0.1, 0.15) is 5.82 Å². The van der Waals surface area contributed by atoms with Crippen molar-refractivity contribution in [3.8, 4) is 0 Å². The largest absolute Gasteiger partial charge is 0.331 e. The second-order valence-corrected chi connectivity index (χ2v) is 4.34. The average Bonchev–Trinajstić information content (AvgIpc) is 2.89. The summed E-state index contributed by atoms with van der Waals surface area (Å²) in [5, 5.41) is 5.56. The first-order chi connectivity index (χ1) is 9.83. The molecule has 1 aromatic carbocycles. The van der Waals surface area contributed by atoms with Gasteiger partial charge in [-0.15, -0.1) is 0 Å². The Labute approximate surface area is 116 Å². The van der Waals surface area contributed by atoms with E-state index in [0.717, 1.165) is 17.0 Å². The number of pyridine rings is 1. The molecule has 0 atom stereocenters. The Hall–Kier alpha value is -2.82. The highest BCUT2D eigenvalue weighted by molar-refractivity contribution is 5.89. The number of amides is 2. The van der Waals surface area contributed by atoms with E-state index in [1.807, 2.05) is 59.1 Å². The maximum atomic E-state index is 11.8. The molecule has 0 aliphatic carbocycles. The second-order valence-electron chi connectivity index (χ2n) is 4.34. The molecule has 3 rings (SSSR count). The summed E-state index contributed by atoms with van der Waals surface area (Å²) in [6.07, 6.45) is 3.71. The van der Waals surface area contributed by atoms with Crippen molar-refractivity contribution < 1.29 is 4.79 Å². The molecular formula is C15H14N4O. The molecule has 2 N–H and O–H groups in total. The summed E-state index contributed by atoms with van der Waals surface area (Å²) < 4.78 is 1.95. The van der Waals surface area contributed by atoms with Gasteiger partial charge in [0, 0.05) is 11.9 Å². The summed E-state index contributed by atoms with van der Waals surface area (Å²) in [5.41, 5.74) is 1.77. The number of rotatable bonds is 3. The summed E-state index contributed by atoms with van der Waals surface area (Å²) in [6, 6.07) is 14.9. The van der Waals surface area contributed by atoms with Gasteiger partial charge in [0.05, 0.1) is 18.3 Å². The maximum Gasteiger partial charge on any atom is 0.319 e. The van der Waals surface area contributed by atoms with Gasteiger partial charge in [-0.1, -0.05) is 24.3 Å². The standard InChI is InChI=1S/C15H14N4O/c20-15(18-12-6-2-1-3-7-12)17-11-14-16-10-13-8-4-5-9-19(13)14/h1-10H,11H2,(H2,17,18,20). The van der Waals surface area contributed by atoms with Gasteiger partial charge < -0.3 is 15.0 Å². The number of imidazole rings is 1. The van der Waals surface area contributed by atoms with Crippen LogP contribution in [0.25, 0.3) is 5.52 Å². The number of nitrogens with zero attached hydrogens (tertiary/aromatic N) is 2. The van der Waals surface area contributed by atoms with Crippen molar-refractivity contribution >= 4 is 17.2 Å². The average molecular weight is 266 g/mol. The monoisotopic (exact) mass is 266 g/mol. The van der Waals surface area contributed by atoms with Crippen molar-refractivity contribution in [2.45, 2.75) is 6.54 Å². The van der Waals surface area contributed by atoms with Crippen molar-refractivity contribution in [3.05, 3.63) is 66.7 Å². The minimum atomic E-state index is -0.246. The van der Waals surface area contributed by atoms with E-state index in [9.17, 15) is 4.79 Å². The highest BCUT2D eigenvalue weighted by Gasteiger charge is 2.05. The molecule has 0 aliphatic rings. The zero-order chi connectivity index (χ0) is 13.8. The lowest BCUT2D eigenvalue weighted by Crippen LogP contribution is -2.28. The number of anilines is 1. The van der Waals surface area contributed by atoms with Crippen LogP contribution in [-0.4, -0.2) is 15.4 Å². The van der Waals surface area contributed by atoms with Crippen molar-refractivity contribution in [3.63, 3.8) is 0 Å². The third-order valence-corrected chi connectivity index (χ3v) is 2.95. The number of aromatic nitrogens is 2. The van der Waals surface area contributed by atoms with Crippen LogP contribution in [-0.2, 0) is 6.54 Å². The number of benzene rings is 1. The minimum Gasteiger partial charge on any atom is -0.331 e. The van der Waals surface area contributed by atoms with Gasteiger partial charge in [-0.25, -0.2) is 9.78 Å². The van der Waals surface area contributed by atoms with Gasteiger partial charge in [0.25, 0.3) is 0 Å². The highest BCUT2D eigenvalue weighted by Crippen LogP contribution is 2.07. The van der Waals surface area contributed by atoms with Crippen LogP contribution in [0.5, 0.6) is 0 Å². The molecule has 0 aliphatic heterocycles. The Bertz CT molecular complexity index is 721. The molecule has 0 saturated heterocycles. The summed E-state index contributed by atoms with van der Waals surface area (Å²) in [7, 11) is 0. The van der Waals surface area contributed by atoms with E-state index < -0.39 is 0 Å². The first-order valence-electron chi connectivity index (χ1n) is 6.34. The summed E-state index contributed by atoms with van der Waals surface area (Å²) >= 11 is 0. The molecule has 0 bridgehead atoms. The van der Waals surface area contributed by atoms with E-state index >= 15 is 0 Å². The number of para-hydroxylation sites is 1. The summed E-state index contributed by atoms with van der Waals surface area (Å²) in [4.78, 5) is 16.1. The smallest absolute Gasteiger partial charge is 0.319 e. The molecule has 2 heterocycles. The van der Waals surface area contributed by atoms with Gasteiger partial charge in [0.15, 0.2) is 0 Å². The van der Waals surface area contributed by atoms with Crippen LogP contribution in [0, 0.1) is 0 Å². The van der Waals surface area contributed by atoms with Crippen LogP contribution in [0.4, 0.5) is 10.5 Å². The van der Waals surface area contributed by atoms with Crippen LogP contribution < -0.4 is 10.6 Å². The molecule has 0 unspecified atom stereocenters. The Morgan fingerprint density at radius 1 is 1.10 bits per heavy atom. The minimum absolute atomic E-state index is 0.246. The molecule has 5 heteroatoms. The predicted molar refractivity (Wildman–Crippen MR) is 77.5 cm³/mol. The van der Waals surface area contributed by atoms with Crippen LogP contribution in [0.3, 0.4) is 0 Å². The number of hydrogen-bond donors (Lipinski definition) is 2.